The third kappa shape index (κ3) is 3.79. The van der Waals surface area contributed by atoms with E-state index < -0.39 is 0 Å². The van der Waals surface area contributed by atoms with Gasteiger partial charge in [0.05, 0.1) is 7.11 Å². The van der Waals surface area contributed by atoms with E-state index in [1.807, 2.05) is 19.9 Å². The molecule has 2 aromatic rings. The van der Waals surface area contributed by atoms with E-state index in [0.29, 0.717) is 37.3 Å². The average Bonchev–Trinajstić information content (AvgIpc) is 2.70. The first-order chi connectivity index (χ1) is 12.9. The topological polar surface area (TPSA) is 49.9 Å². The molecule has 2 amide bonds. The van der Waals surface area contributed by atoms with E-state index in [1.165, 1.54) is 24.3 Å². The van der Waals surface area contributed by atoms with Gasteiger partial charge in [-0.15, -0.1) is 0 Å². The fourth-order valence-corrected chi connectivity index (χ4v) is 3.31. The van der Waals surface area contributed by atoms with E-state index in [1.54, 1.807) is 23.0 Å². The maximum atomic E-state index is 13.0. The van der Waals surface area contributed by atoms with Crippen LogP contribution in [0.1, 0.15) is 31.8 Å². The standard InChI is InChI=1S/C21H23FN2O3/c1-14-15(2)19(27-3)9-8-18(14)21(26)24-12-10-23(11-13-24)20(25)16-4-6-17(22)7-5-16/h4-9H,10-13H2,1-3H3. The molecule has 6 heteroatoms. The summed E-state index contributed by atoms with van der Waals surface area (Å²) in [7, 11) is 1.61. The van der Waals surface area contributed by atoms with E-state index in [9.17, 15) is 14.0 Å². The molecule has 1 saturated heterocycles. The number of carbonyl (C=O) groups excluding carboxylic acids is 2. The fourth-order valence-electron chi connectivity index (χ4n) is 3.31. The Hall–Kier alpha value is -2.89. The first kappa shape index (κ1) is 18.9. The molecule has 1 aliphatic heterocycles. The Morgan fingerprint density at radius 1 is 0.852 bits per heavy atom. The number of halogens is 1. The zero-order chi connectivity index (χ0) is 19.6. The van der Waals surface area contributed by atoms with Crippen LogP contribution in [0.25, 0.3) is 0 Å². The summed E-state index contributed by atoms with van der Waals surface area (Å²) in [5.74, 6) is 0.219. The summed E-state index contributed by atoms with van der Waals surface area (Å²) >= 11 is 0. The van der Waals surface area contributed by atoms with Gasteiger partial charge in [0.15, 0.2) is 0 Å². The Morgan fingerprint density at radius 2 is 1.41 bits per heavy atom. The second-order valence-electron chi connectivity index (χ2n) is 6.66. The van der Waals surface area contributed by atoms with Crippen molar-refractivity contribution in [2.45, 2.75) is 13.8 Å². The number of hydrogen-bond acceptors (Lipinski definition) is 3. The highest BCUT2D eigenvalue weighted by Crippen LogP contribution is 2.25. The zero-order valence-corrected chi connectivity index (χ0v) is 15.8. The average molecular weight is 370 g/mol. The van der Waals surface area contributed by atoms with Crippen molar-refractivity contribution in [3.8, 4) is 5.75 Å². The SMILES string of the molecule is COc1ccc(C(=O)N2CCN(C(=O)c3ccc(F)cc3)CC2)c(C)c1C. The van der Waals surface area contributed by atoms with E-state index in [2.05, 4.69) is 0 Å². The molecule has 0 atom stereocenters. The van der Waals surface area contributed by atoms with Crippen LogP contribution in [-0.4, -0.2) is 54.9 Å². The maximum absolute atomic E-state index is 13.0. The van der Waals surface area contributed by atoms with Crippen LogP contribution < -0.4 is 4.74 Å². The van der Waals surface area contributed by atoms with Crippen molar-refractivity contribution < 1.29 is 18.7 Å². The number of ether oxygens (including phenoxy) is 1. The molecule has 0 unspecified atom stereocenters. The summed E-state index contributed by atoms with van der Waals surface area (Å²) in [5.41, 5.74) is 2.97. The Balaban J connectivity index is 1.67. The molecular formula is C21H23FN2O3. The summed E-state index contributed by atoms with van der Waals surface area (Å²) < 4.78 is 18.3. The number of amides is 2. The number of carbonyl (C=O) groups is 2. The quantitative estimate of drug-likeness (QED) is 0.834. The molecule has 3 rings (SSSR count). The molecule has 0 spiro atoms. The van der Waals surface area contributed by atoms with Crippen molar-refractivity contribution in [3.63, 3.8) is 0 Å². The largest absolute Gasteiger partial charge is 0.496 e. The maximum Gasteiger partial charge on any atom is 0.254 e. The van der Waals surface area contributed by atoms with Gasteiger partial charge in [0.2, 0.25) is 0 Å². The molecule has 0 N–H and O–H groups in total. The Morgan fingerprint density at radius 3 is 1.96 bits per heavy atom. The summed E-state index contributed by atoms with van der Waals surface area (Å²) in [6.45, 7) is 5.70. The van der Waals surface area contributed by atoms with Crippen molar-refractivity contribution in [2.75, 3.05) is 33.3 Å². The van der Waals surface area contributed by atoms with Crippen molar-refractivity contribution in [2.24, 2.45) is 0 Å². The highest BCUT2D eigenvalue weighted by Gasteiger charge is 2.26. The highest BCUT2D eigenvalue weighted by atomic mass is 19.1. The van der Waals surface area contributed by atoms with Crippen molar-refractivity contribution in [1.29, 1.82) is 0 Å². The summed E-state index contributed by atoms with van der Waals surface area (Å²) in [4.78, 5) is 28.9. The molecule has 1 fully saturated rings. The molecule has 0 bridgehead atoms. The number of nitrogens with zero attached hydrogens (tertiary/aromatic N) is 2. The molecule has 0 radical (unpaired) electrons. The molecule has 0 aliphatic carbocycles. The lowest BCUT2D eigenvalue weighted by Crippen LogP contribution is -2.50. The zero-order valence-electron chi connectivity index (χ0n) is 15.8. The fraction of sp³-hybridized carbons (Fsp3) is 0.333. The van der Waals surface area contributed by atoms with Crippen molar-refractivity contribution in [1.82, 2.24) is 9.80 Å². The lowest BCUT2D eigenvalue weighted by Gasteiger charge is -2.35. The Bertz CT molecular complexity index is 856. The number of piperazine rings is 1. The first-order valence-electron chi connectivity index (χ1n) is 8.90. The predicted molar refractivity (Wildman–Crippen MR) is 101 cm³/mol. The van der Waals surface area contributed by atoms with Gasteiger partial charge in [0.1, 0.15) is 11.6 Å². The van der Waals surface area contributed by atoms with Crippen LogP contribution in [0.5, 0.6) is 5.75 Å². The minimum atomic E-state index is -0.368. The highest BCUT2D eigenvalue weighted by molar-refractivity contribution is 5.97. The van der Waals surface area contributed by atoms with Crippen molar-refractivity contribution >= 4 is 11.8 Å². The van der Waals surface area contributed by atoms with Gasteiger partial charge < -0.3 is 14.5 Å². The summed E-state index contributed by atoms with van der Waals surface area (Å²) in [5, 5.41) is 0. The van der Waals surface area contributed by atoms with E-state index >= 15 is 0 Å². The normalized spacial score (nSPS) is 14.2. The Labute approximate surface area is 158 Å². The van der Waals surface area contributed by atoms with Gasteiger partial charge in [-0.3, -0.25) is 9.59 Å². The predicted octanol–water partition coefficient (Wildman–Crippen LogP) is 3.05. The minimum absolute atomic E-state index is 0.0351. The summed E-state index contributed by atoms with van der Waals surface area (Å²) in [6.07, 6.45) is 0. The van der Waals surface area contributed by atoms with Gasteiger partial charge in [-0.05, 0) is 61.4 Å². The number of hydrogen-bond donors (Lipinski definition) is 0. The molecule has 27 heavy (non-hydrogen) atoms. The molecule has 5 nitrogen and oxygen atoms in total. The third-order valence-electron chi connectivity index (χ3n) is 5.13. The van der Waals surface area contributed by atoms with Gasteiger partial charge in [0.25, 0.3) is 11.8 Å². The number of benzene rings is 2. The monoisotopic (exact) mass is 370 g/mol. The summed E-state index contributed by atoms with van der Waals surface area (Å²) in [6, 6.07) is 9.13. The third-order valence-corrected chi connectivity index (χ3v) is 5.13. The van der Waals surface area contributed by atoms with Crippen LogP contribution in [0.3, 0.4) is 0 Å². The molecule has 2 aromatic carbocycles. The second-order valence-corrected chi connectivity index (χ2v) is 6.66. The minimum Gasteiger partial charge on any atom is -0.496 e. The smallest absolute Gasteiger partial charge is 0.254 e. The van der Waals surface area contributed by atoms with Gasteiger partial charge in [-0.1, -0.05) is 0 Å². The molecule has 1 aliphatic rings. The molecule has 142 valence electrons. The molecule has 0 saturated carbocycles. The van der Waals surface area contributed by atoms with Crippen LogP contribution >= 0.6 is 0 Å². The van der Waals surface area contributed by atoms with E-state index in [0.717, 1.165) is 16.9 Å². The van der Waals surface area contributed by atoms with Crippen LogP contribution in [0, 0.1) is 19.7 Å². The number of methoxy groups -OCH3 is 1. The van der Waals surface area contributed by atoms with E-state index in [-0.39, 0.29) is 17.6 Å². The molecule has 0 aromatic heterocycles. The molecule has 1 heterocycles. The van der Waals surface area contributed by atoms with Crippen LogP contribution in [0.4, 0.5) is 4.39 Å². The van der Waals surface area contributed by atoms with Crippen LogP contribution in [0.15, 0.2) is 36.4 Å². The molecular weight excluding hydrogens is 347 g/mol. The van der Waals surface area contributed by atoms with Gasteiger partial charge in [0, 0.05) is 37.3 Å². The van der Waals surface area contributed by atoms with Gasteiger partial charge >= 0.3 is 0 Å². The first-order valence-corrected chi connectivity index (χ1v) is 8.90. The van der Waals surface area contributed by atoms with Crippen LogP contribution in [0.2, 0.25) is 0 Å². The van der Waals surface area contributed by atoms with E-state index in [4.69, 9.17) is 4.74 Å². The van der Waals surface area contributed by atoms with Gasteiger partial charge in [-0.2, -0.15) is 0 Å². The lowest BCUT2D eigenvalue weighted by atomic mass is 10.0. The van der Waals surface area contributed by atoms with Crippen LogP contribution in [-0.2, 0) is 0 Å². The second kappa shape index (κ2) is 7.78. The number of rotatable bonds is 3. The lowest BCUT2D eigenvalue weighted by molar-refractivity contribution is 0.0535. The van der Waals surface area contributed by atoms with Crippen molar-refractivity contribution in [3.05, 3.63) is 64.5 Å². The van der Waals surface area contributed by atoms with Gasteiger partial charge in [-0.25, -0.2) is 4.39 Å². The Kier molecular flexibility index (Phi) is 5.44.